The van der Waals surface area contributed by atoms with Crippen LogP contribution in [-0.2, 0) is 23.9 Å². The highest BCUT2D eigenvalue weighted by Crippen LogP contribution is 2.59. The van der Waals surface area contributed by atoms with Gasteiger partial charge < -0.3 is 24.4 Å². The number of nitrogens with zero attached hydrogens (tertiary/aromatic N) is 2. The summed E-state index contributed by atoms with van der Waals surface area (Å²) in [6.45, 7) is 11.9. The molecule has 1 saturated carbocycles. The van der Waals surface area contributed by atoms with Crippen molar-refractivity contribution in [2.45, 2.75) is 108 Å². The van der Waals surface area contributed by atoms with Crippen LogP contribution in [0.4, 0.5) is 0 Å². The third-order valence-corrected chi connectivity index (χ3v) is 9.23. The summed E-state index contributed by atoms with van der Waals surface area (Å²) in [5.41, 5.74) is -1.08. The molecule has 1 aliphatic carbocycles. The summed E-state index contributed by atoms with van der Waals surface area (Å²) in [5.74, 6) is -2.42. The van der Waals surface area contributed by atoms with Crippen molar-refractivity contribution < 1.29 is 29.0 Å². The van der Waals surface area contributed by atoms with E-state index in [4.69, 9.17) is 9.47 Å². The maximum atomic E-state index is 14.5. The Bertz CT molecular complexity index is 899. The Morgan fingerprint density at radius 1 is 1.18 bits per heavy atom. The van der Waals surface area contributed by atoms with Gasteiger partial charge in [0.2, 0.25) is 11.8 Å². The topological polar surface area (TPSA) is 96.4 Å². The lowest BCUT2D eigenvalue weighted by molar-refractivity contribution is -0.157. The monoisotopic (exact) mass is 530 g/mol. The normalized spacial score (nSPS) is 31.4. The number of hydrogen-bond acceptors (Lipinski definition) is 6. The molecular formula is C30H46N2O6. The molecule has 212 valence electrons. The number of amides is 2. The number of likely N-dealkylation sites (tertiary alicyclic amines) is 1. The molecule has 4 fully saturated rings. The SMILES string of the molecule is C=CCCCCOC(=O)[C@@H]1[C@H]2C(=O)N([C@@H](CO)C(C)C)C(C(=O)N(CC=C)C3CCCCC3)C23CC[C@H]1O3. The van der Waals surface area contributed by atoms with Gasteiger partial charge in [0.1, 0.15) is 11.6 Å². The summed E-state index contributed by atoms with van der Waals surface area (Å²) >= 11 is 0. The molecule has 1 spiro atoms. The van der Waals surface area contributed by atoms with Crippen LogP contribution in [0.15, 0.2) is 25.3 Å². The van der Waals surface area contributed by atoms with E-state index in [0.29, 0.717) is 19.4 Å². The predicted octanol–water partition coefficient (Wildman–Crippen LogP) is 3.62. The molecule has 0 aromatic heterocycles. The Morgan fingerprint density at radius 3 is 2.55 bits per heavy atom. The highest BCUT2D eigenvalue weighted by molar-refractivity contribution is 5.98. The van der Waals surface area contributed by atoms with Gasteiger partial charge in [0, 0.05) is 12.6 Å². The smallest absolute Gasteiger partial charge is 0.312 e. The zero-order valence-corrected chi connectivity index (χ0v) is 23.2. The van der Waals surface area contributed by atoms with Crippen molar-refractivity contribution in [1.29, 1.82) is 0 Å². The van der Waals surface area contributed by atoms with E-state index >= 15 is 0 Å². The molecule has 8 heteroatoms. The highest BCUT2D eigenvalue weighted by atomic mass is 16.6. The minimum absolute atomic E-state index is 0.0792. The molecule has 1 N–H and O–H groups in total. The zero-order chi connectivity index (χ0) is 27.4. The van der Waals surface area contributed by atoms with E-state index in [1.807, 2.05) is 24.8 Å². The van der Waals surface area contributed by atoms with Gasteiger partial charge >= 0.3 is 5.97 Å². The minimum Gasteiger partial charge on any atom is -0.465 e. The summed E-state index contributed by atoms with van der Waals surface area (Å²) in [6, 6.07) is -1.34. The average Bonchev–Trinajstić information content (AvgIpc) is 3.55. The van der Waals surface area contributed by atoms with Crippen LogP contribution in [0.5, 0.6) is 0 Å². The van der Waals surface area contributed by atoms with Crippen LogP contribution in [0.25, 0.3) is 0 Å². The molecule has 8 nitrogen and oxygen atoms in total. The van der Waals surface area contributed by atoms with Crippen LogP contribution < -0.4 is 0 Å². The lowest BCUT2D eigenvalue weighted by atomic mass is 9.70. The van der Waals surface area contributed by atoms with Crippen LogP contribution in [0.3, 0.4) is 0 Å². The van der Waals surface area contributed by atoms with E-state index in [2.05, 4.69) is 13.2 Å². The van der Waals surface area contributed by atoms with Crippen molar-refractivity contribution in [1.82, 2.24) is 9.80 Å². The van der Waals surface area contributed by atoms with Gasteiger partial charge in [0.25, 0.3) is 0 Å². The molecular weight excluding hydrogens is 484 g/mol. The van der Waals surface area contributed by atoms with E-state index in [-0.39, 0.29) is 37.0 Å². The third kappa shape index (κ3) is 5.06. The second-order valence-electron chi connectivity index (χ2n) is 11.8. The van der Waals surface area contributed by atoms with E-state index in [1.54, 1.807) is 11.0 Å². The van der Waals surface area contributed by atoms with Crippen molar-refractivity contribution in [3.63, 3.8) is 0 Å². The molecule has 3 heterocycles. The predicted molar refractivity (Wildman–Crippen MR) is 144 cm³/mol. The van der Waals surface area contributed by atoms with Crippen molar-refractivity contribution in [3.8, 4) is 0 Å². The largest absolute Gasteiger partial charge is 0.465 e. The van der Waals surface area contributed by atoms with Crippen molar-refractivity contribution >= 4 is 17.8 Å². The molecule has 6 atom stereocenters. The number of carbonyl (C=O) groups excluding carboxylic acids is 3. The number of rotatable bonds is 13. The van der Waals surface area contributed by atoms with E-state index in [1.165, 1.54) is 0 Å². The number of allylic oxidation sites excluding steroid dienone is 1. The first-order valence-electron chi connectivity index (χ1n) is 14.6. The van der Waals surface area contributed by atoms with Crippen LogP contribution in [0, 0.1) is 17.8 Å². The van der Waals surface area contributed by atoms with Crippen LogP contribution in [0.1, 0.15) is 78.1 Å². The lowest BCUT2D eigenvalue weighted by Crippen LogP contribution is -2.61. The van der Waals surface area contributed by atoms with Crippen molar-refractivity contribution in [3.05, 3.63) is 25.3 Å². The van der Waals surface area contributed by atoms with Gasteiger partial charge in [0.05, 0.1) is 37.2 Å². The molecule has 4 rings (SSSR count). The molecule has 0 radical (unpaired) electrons. The number of carbonyl (C=O) groups is 3. The van der Waals surface area contributed by atoms with E-state index < -0.39 is 41.6 Å². The number of aliphatic hydroxyl groups excluding tert-OH is 1. The number of aliphatic hydroxyl groups is 1. The maximum absolute atomic E-state index is 14.5. The molecule has 4 aliphatic rings. The van der Waals surface area contributed by atoms with Gasteiger partial charge in [-0.1, -0.05) is 45.3 Å². The number of ether oxygens (including phenoxy) is 2. The Labute approximate surface area is 227 Å². The molecule has 38 heavy (non-hydrogen) atoms. The van der Waals surface area contributed by atoms with Crippen molar-refractivity contribution in [2.75, 3.05) is 19.8 Å². The minimum atomic E-state index is -1.08. The summed E-state index contributed by atoms with van der Waals surface area (Å²) in [4.78, 5) is 45.5. The lowest BCUT2D eigenvalue weighted by Gasteiger charge is -2.43. The van der Waals surface area contributed by atoms with Gasteiger partial charge in [-0.2, -0.15) is 0 Å². The van der Waals surface area contributed by atoms with Gasteiger partial charge in [-0.15, -0.1) is 13.2 Å². The Hall–Kier alpha value is -2.19. The summed E-state index contributed by atoms with van der Waals surface area (Å²) in [6.07, 6.45) is 11.9. The van der Waals surface area contributed by atoms with Crippen LogP contribution in [0.2, 0.25) is 0 Å². The third-order valence-electron chi connectivity index (χ3n) is 9.23. The van der Waals surface area contributed by atoms with Gasteiger partial charge in [-0.05, 0) is 50.9 Å². The number of hydrogen-bond donors (Lipinski definition) is 1. The summed E-state index contributed by atoms with van der Waals surface area (Å²) in [7, 11) is 0. The fourth-order valence-corrected chi connectivity index (χ4v) is 7.38. The first-order chi connectivity index (χ1) is 18.3. The molecule has 3 aliphatic heterocycles. The molecule has 0 aromatic carbocycles. The van der Waals surface area contributed by atoms with Crippen LogP contribution in [-0.4, -0.2) is 82.3 Å². The summed E-state index contributed by atoms with van der Waals surface area (Å²) < 4.78 is 12.2. The van der Waals surface area contributed by atoms with E-state index in [0.717, 1.165) is 51.4 Å². The Balaban J connectivity index is 1.67. The standard InChI is InChI=1S/C30H46N2O6/c1-5-7-8-12-18-37-29(36)24-23-15-16-30(38-23)25(24)27(34)32(22(19-33)20(3)4)26(30)28(35)31(17-6-2)21-13-10-9-11-14-21/h5-6,20-26,33H,1-2,7-19H2,3-4H3/t22-,23+,24-,25-,26?,30?/m0/s1. The van der Waals surface area contributed by atoms with Gasteiger partial charge in [0.15, 0.2) is 0 Å². The number of esters is 1. The molecule has 0 aromatic rings. The van der Waals surface area contributed by atoms with E-state index in [9.17, 15) is 19.5 Å². The average molecular weight is 531 g/mol. The molecule has 2 amide bonds. The van der Waals surface area contributed by atoms with Crippen molar-refractivity contribution in [2.24, 2.45) is 17.8 Å². The number of fused-ring (bicyclic) bond motifs is 1. The van der Waals surface area contributed by atoms with Gasteiger partial charge in [-0.25, -0.2) is 0 Å². The Morgan fingerprint density at radius 2 is 1.92 bits per heavy atom. The second-order valence-corrected chi connectivity index (χ2v) is 11.8. The molecule has 2 unspecified atom stereocenters. The fourth-order valence-electron chi connectivity index (χ4n) is 7.38. The maximum Gasteiger partial charge on any atom is 0.312 e. The quantitative estimate of drug-likeness (QED) is 0.222. The first-order valence-corrected chi connectivity index (χ1v) is 14.6. The van der Waals surface area contributed by atoms with Crippen LogP contribution >= 0.6 is 0 Å². The van der Waals surface area contributed by atoms with Gasteiger partial charge in [-0.3, -0.25) is 14.4 Å². The molecule has 2 bridgehead atoms. The first kappa shape index (κ1) is 28.8. The second kappa shape index (κ2) is 12.3. The Kier molecular flexibility index (Phi) is 9.35. The number of unbranched alkanes of at least 4 members (excludes halogenated alkanes) is 2. The molecule has 3 saturated heterocycles. The summed E-state index contributed by atoms with van der Waals surface area (Å²) in [5, 5.41) is 10.4. The zero-order valence-electron chi connectivity index (χ0n) is 23.2. The fraction of sp³-hybridized carbons (Fsp3) is 0.767. The highest BCUT2D eigenvalue weighted by Gasteiger charge is 2.75.